The Balaban J connectivity index is 1.75. The molecule has 1 saturated heterocycles. The highest BCUT2D eigenvalue weighted by Crippen LogP contribution is 2.38. The summed E-state index contributed by atoms with van der Waals surface area (Å²) in [4.78, 5) is 24.3. The van der Waals surface area contributed by atoms with Crippen molar-refractivity contribution in [3.05, 3.63) is 60.4 Å². The number of fused-ring (bicyclic) bond motifs is 1. The topological polar surface area (TPSA) is 69.6 Å². The first kappa shape index (κ1) is 19.8. The molecule has 0 unspecified atom stereocenters. The lowest BCUT2D eigenvalue weighted by atomic mass is 9.97. The Morgan fingerprint density at radius 1 is 1.17 bits per heavy atom. The number of hydrogen-bond acceptors (Lipinski definition) is 5. The summed E-state index contributed by atoms with van der Waals surface area (Å²) < 4.78 is 28.2. The maximum absolute atomic E-state index is 14.4. The van der Waals surface area contributed by atoms with Crippen LogP contribution in [0.4, 0.5) is 14.6 Å². The van der Waals surface area contributed by atoms with Gasteiger partial charge in [-0.3, -0.25) is 4.79 Å². The van der Waals surface area contributed by atoms with Gasteiger partial charge >= 0.3 is 0 Å². The molecule has 6 nitrogen and oxygen atoms in total. The number of carbonyl (C=O) groups excluding carboxylic acids is 1. The number of aromatic nitrogens is 2. The van der Waals surface area contributed by atoms with E-state index < -0.39 is 11.6 Å². The molecule has 1 fully saturated rings. The van der Waals surface area contributed by atoms with Gasteiger partial charge in [0.25, 0.3) is 0 Å². The van der Waals surface area contributed by atoms with E-state index in [1.54, 1.807) is 17.9 Å². The Bertz CT molecular complexity index is 1160. The Kier molecular flexibility index (Phi) is 5.07. The monoisotopic (exact) mass is 410 g/mol. The van der Waals surface area contributed by atoms with Crippen LogP contribution in [0.2, 0.25) is 0 Å². The van der Waals surface area contributed by atoms with Gasteiger partial charge < -0.3 is 14.9 Å². The molecule has 1 aromatic heterocycles. The lowest BCUT2D eigenvalue weighted by Gasteiger charge is -2.35. The minimum atomic E-state index is -1.10. The van der Waals surface area contributed by atoms with Gasteiger partial charge in [-0.05, 0) is 48.4 Å². The maximum atomic E-state index is 14.4. The molecule has 1 N–H and O–H groups in total. The number of phenolic OH excluding ortho intramolecular Hbond substituents is 1. The third-order valence-corrected chi connectivity index (χ3v) is 5.37. The molecule has 2 heterocycles. The van der Waals surface area contributed by atoms with Crippen molar-refractivity contribution in [1.29, 1.82) is 0 Å². The zero-order valence-electron chi connectivity index (χ0n) is 16.4. The van der Waals surface area contributed by atoms with E-state index in [-0.39, 0.29) is 17.2 Å². The summed E-state index contributed by atoms with van der Waals surface area (Å²) in [5, 5.41) is 10.9. The van der Waals surface area contributed by atoms with Crippen LogP contribution in [0.15, 0.2) is 43.2 Å². The van der Waals surface area contributed by atoms with Crippen molar-refractivity contribution in [2.75, 3.05) is 31.1 Å². The van der Waals surface area contributed by atoms with Crippen LogP contribution in [0.25, 0.3) is 22.0 Å². The molecule has 3 aromatic rings. The summed E-state index contributed by atoms with van der Waals surface area (Å²) >= 11 is 0. The van der Waals surface area contributed by atoms with E-state index in [2.05, 4.69) is 21.4 Å². The van der Waals surface area contributed by atoms with Crippen molar-refractivity contribution in [1.82, 2.24) is 14.9 Å². The molecule has 1 aliphatic heterocycles. The quantitative estimate of drug-likeness (QED) is 0.670. The lowest BCUT2D eigenvalue weighted by molar-refractivity contribution is -0.126. The second kappa shape index (κ2) is 7.70. The largest absolute Gasteiger partial charge is 0.507 e. The van der Waals surface area contributed by atoms with Crippen LogP contribution >= 0.6 is 0 Å². The van der Waals surface area contributed by atoms with Gasteiger partial charge in [-0.2, -0.15) is 0 Å². The van der Waals surface area contributed by atoms with Gasteiger partial charge in [-0.1, -0.05) is 6.58 Å². The van der Waals surface area contributed by atoms with Gasteiger partial charge in [-0.25, -0.2) is 18.7 Å². The molecular weight excluding hydrogens is 390 g/mol. The SMILES string of the molecule is C=CC(=O)N1CCN(c2ncnc3cc(-c4c(O)ccc(F)c4F)c(C)cc23)CC1. The fourth-order valence-electron chi connectivity index (χ4n) is 3.78. The third-order valence-electron chi connectivity index (χ3n) is 5.37. The van der Waals surface area contributed by atoms with Gasteiger partial charge in [-0.15, -0.1) is 0 Å². The molecule has 0 bridgehead atoms. The van der Waals surface area contributed by atoms with Crippen LogP contribution in [-0.4, -0.2) is 52.1 Å². The normalized spacial score (nSPS) is 14.2. The van der Waals surface area contributed by atoms with Crippen LogP contribution in [0.1, 0.15) is 5.56 Å². The van der Waals surface area contributed by atoms with Gasteiger partial charge in [0.15, 0.2) is 11.6 Å². The molecule has 0 atom stereocenters. The summed E-state index contributed by atoms with van der Waals surface area (Å²) in [5.41, 5.74) is 1.38. The molecule has 0 saturated carbocycles. The predicted molar refractivity (Wildman–Crippen MR) is 110 cm³/mol. The highest BCUT2D eigenvalue weighted by Gasteiger charge is 2.23. The Labute approximate surface area is 172 Å². The van der Waals surface area contributed by atoms with E-state index >= 15 is 0 Å². The van der Waals surface area contributed by atoms with E-state index in [0.717, 1.165) is 17.5 Å². The Hall–Kier alpha value is -3.55. The molecule has 0 spiro atoms. The minimum absolute atomic E-state index is 0.0976. The van der Waals surface area contributed by atoms with E-state index in [1.165, 1.54) is 12.4 Å². The molecule has 154 valence electrons. The number of piperazine rings is 1. The molecule has 1 aliphatic rings. The van der Waals surface area contributed by atoms with Gasteiger partial charge in [0.2, 0.25) is 5.91 Å². The molecule has 1 amide bonds. The second-order valence-corrected chi connectivity index (χ2v) is 7.15. The first-order valence-corrected chi connectivity index (χ1v) is 9.49. The van der Waals surface area contributed by atoms with Crippen molar-refractivity contribution in [3.63, 3.8) is 0 Å². The number of aromatic hydroxyl groups is 1. The number of halogens is 2. The summed E-state index contributed by atoms with van der Waals surface area (Å²) in [5.74, 6) is -1.86. The van der Waals surface area contributed by atoms with E-state index in [1.807, 2.05) is 6.07 Å². The molecule has 0 aliphatic carbocycles. The molecule has 4 rings (SSSR count). The van der Waals surface area contributed by atoms with Crippen LogP contribution in [-0.2, 0) is 4.79 Å². The van der Waals surface area contributed by atoms with Crippen LogP contribution in [0, 0.1) is 18.6 Å². The fraction of sp³-hybridized carbons (Fsp3) is 0.227. The standard InChI is InChI=1S/C22H20F2N4O2/c1-3-19(30)27-6-8-28(9-7-27)22-15-10-13(2)14(11-17(15)25-12-26-22)20-18(29)5-4-16(23)21(20)24/h3-5,10-12,29H,1,6-9H2,2H3. The van der Waals surface area contributed by atoms with Crippen molar-refractivity contribution in [2.24, 2.45) is 0 Å². The maximum Gasteiger partial charge on any atom is 0.246 e. The van der Waals surface area contributed by atoms with Gasteiger partial charge in [0.1, 0.15) is 17.9 Å². The van der Waals surface area contributed by atoms with E-state index in [4.69, 9.17) is 0 Å². The molecular formula is C22H20F2N4O2. The number of rotatable bonds is 3. The molecule has 0 radical (unpaired) electrons. The van der Waals surface area contributed by atoms with E-state index in [9.17, 15) is 18.7 Å². The molecule has 30 heavy (non-hydrogen) atoms. The smallest absolute Gasteiger partial charge is 0.246 e. The number of amides is 1. The first-order valence-electron chi connectivity index (χ1n) is 9.49. The van der Waals surface area contributed by atoms with Crippen molar-refractivity contribution in [2.45, 2.75) is 6.92 Å². The average molecular weight is 410 g/mol. The summed E-state index contributed by atoms with van der Waals surface area (Å²) in [6, 6.07) is 5.46. The molecule has 8 heteroatoms. The number of benzene rings is 2. The van der Waals surface area contributed by atoms with Gasteiger partial charge in [0, 0.05) is 31.6 Å². The number of carbonyl (C=O) groups is 1. The zero-order chi connectivity index (χ0) is 21.4. The van der Waals surface area contributed by atoms with Gasteiger partial charge in [0.05, 0.1) is 11.1 Å². The zero-order valence-corrected chi connectivity index (χ0v) is 16.4. The number of hydrogen-bond donors (Lipinski definition) is 1. The average Bonchev–Trinajstić information content (AvgIpc) is 2.76. The Morgan fingerprint density at radius 3 is 2.60 bits per heavy atom. The predicted octanol–water partition coefficient (Wildman–Crippen LogP) is 3.42. The fourth-order valence-corrected chi connectivity index (χ4v) is 3.78. The number of aryl methyl sites for hydroxylation is 1. The highest BCUT2D eigenvalue weighted by atomic mass is 19.2. The van der Waals surface area contributed by atoms with Crippen LogP contribution < -0.4 is 4.90 Å². The number of nitrogens with zero attached hydrogens (tertiary/aromatic N) is 4. The minimum Gasteiger partial charge on any atom is -0.507 e. The second-order valence-electron chi connectivity index (χ2n) is 7.15. The first-order chi connectivity index (χ1) is 14.4. The summed E-state index contributed by atoms with van der Waals surface area (Å²) in [7, 11) is 0. The third kappa shape index (κ3) is 3.34. The Morgan fingerprint density at radius 2 is 1.90 bits per heavy atom. The summed E-state index contributed by atoms with van der Waals surface area (Å²) in [6.07, 6.45) is 2.72. The number of phenols is 1. The molecule has 2 aromatic carbocycles. The highest BCUT2D eigenvalue weighted by molar-refractivity contribution is 5.94. The van der Waals surface area contributed by atoms with E-state index in [0.29, 0.717) is 48.6 Å². The van der Waals surface area contributed by atoms with Crippen molar-refractivity contribution < 1.29 is 18.7 Å². The summed E-state index contributed by atoms with van der Waals surface area (Å²) in [6.45, 7) is 7.59. The van der Waals surface area contributed by atoms with Crippen molar-refractivity contribution >= 4 is 22.6 Å². The number of anilines is 1. The lowest BCUT2D eigenvalue weighted by Crippen LogP contribution is -2.48. The van der Waals surface area contributed by atoms with Crippen LogP contribution in [0.5, 0.6) is 5.75 Å². The van der Waals surface area contributed by atoms with Crippen LogP contribution in [0.3, 0.4) is 0 Å². The van der Waals surface area contributed by atoms with Crippen molar-refractivity contribution in [3.8, 4) is 16.9 Å².